The number of carbonyl (C=O) groups is 1. The molecule has 4 rings (SSSR count). The first-order valence-electron chi connectivity index (χ1n) is 10.8. The van der Waals surface area contributed by atoms with Gasteiger partial charge < -0.3 is 20.1 Å². The standard InChI is InChI=1S/C19H28F2N7O6P/c1-9(2)32-14(29)10(3)26-35(30)31-7-19(21)15(34-35)18(4,20)16(33-19)28-8-23-11-12(27(5)6)24-17(22)25-13(11)28/h8-10,15-16H,7H2,1-6H3,(H,26,30)(H2,22,24,25)/t10-,15-,16+,18+,19+,35?/m0/s1. The molecular weight excluding hydrogens is 491 g/mol. The Kier molecular flexibility index (Phi) is 6.29. The Morgan fingerprint density at radius 1 is 1.37 bits per heavy atom. The van der Waals surface area contributed by atoms with Crippen LogP contribution < -0.4 is 15.7 Å². The lowest BCUT2D eigenvalue weighted by Gasteiger charge is -2.37. The molecule has 0 saturated carbocycles. The number of ether oxygens (including phenoxy) is 2. The average Bonchev–Trinajstić information content (AvgIpc) is 3.23. The van der Waals surface area contributed by atoms with Crippen LogP contribution in [-0.4, -0.2) is 76.0 Å². The second kappa shape index (κ2) is 8.59. The van der Waals surface area contributed by atoms with Crippen molar-refractivity contribution in [2.24, 2.45) is 0 Å². The van der Waals surface area contributed by atoms with Gasteiger partial charge in [0.15, 0.2) is 35.0 Å². The van der Waals surface area contributed by atoms with Gasteiger partial charge in [0.25, 0.3) is 5.85 Å². The topological polar surface area (TPSA) is 156 Å². The fraction of sp³-hybridized carbons (Fsp3) is 0.684. The third-order valence-corrected chi connectivity index (χ3v) is 7.18. The summed E-state index contributed by atoms with van der Waals surface area (Å²) < 4.78 is 67.2. The molecule has 2 aliphatic rings. The molecule has 6 atom stereocenters. The third kappa shape index (κ3) is 4.47. The minimum atomic E-state index is -4.33. The van der Waals surface area contributed by atoms with E-state index in [1.165, 1.54) is 17.8 Å². The van der Waals surface area contributed by atoms with Crippen LogP contribution in [0.5, 0.6) is 0 Å². The first-order valence-corrected chi connectivity index (χ1v) is 12.4. The van der Waals surface area contributed by atoms with Crippen molar-refractivity contribution in [1.82, 2.24) is 24.6 Å². The monoisotopic (exact) mass is 519 g/mol. The number of nitrogens with one attached hydrogen (secondary N) is 1. The van der Waals surface area contributed by atoms with Crippen molar-refractivity contribution in [3.8, 4) is 0 Å². The van der Waals surface area contributed by atoms with Crippen LogP contribution in [0.2, 0.25) is 0 Å². The Labute approximate surface area is 199 Å². The number of esters is 1. The Balaban J connectivity index is 1.64. The van der Waals surface area contributed by atoms with E-state index in [0.29, 0.717) is 5.82 Å². The number of anilines is 2. The molecule has 194 valence electrons. The van der Waals surface area contributed by atoms with Gasteiger partial charge in [-0.2, -0.15) is 9.97 Å². The number of hydrogen-bond acceptors (Lipinski definition) is 11. The molecule has 2 aromatic rings. The zero-order valence-corrected chi connectivity index (χ0v) is 21.0. The summed E-state index contributed by atoms with van der Waals surface area (Å²) in [4.78, 5) is 26.2. The lowest BCUT2D eigenvalue weighted by molar-refractivity contribution is -0.214. The lowest BCUT2D eigenvalue weighted by Crippen LogP contribution is -2.52. The number of hydrogen-bond donors (Lipinski definition) is 2. The van der Waals surface area contributed by atoms with Crippen LogP contribution in [0.1, 0.15) is 33.9 Å². The zero-order chi connectivity index (χ0) is 25.9. The summed E-state index contributed by atoms with van der Waals surface area (Å²) in [6.45, 7) is 4.76. The third-order valence-electron chi connectivity index (χ3n) is 5.52. The smallest absolute Gasteiger partial charge is 0.407 e. The molecule has 2 aromatic heterocycles. The van der Waals surface area contributed by atoms with Crippen LogP contribution >= 0.6 is 7.75 Å². The fourth-order valence-electron chi connectivity index (χ4n) is 3.97. The normalized spacial score (nSPS) is 33.6. The van der Waals surface area contributed by atoms with Gasteiger partial charge in [-0.25, -0.2) is 23.4 Å². The van der Waals surface area contributed by atoms with Crippen LogP contribution in [0.4, 0.5) is 20.5 Å². The second-order valence-corrected chi connectivity index (χ2v) is 10.8. The highest BCUT2D eigenvalue weighted by molar-refractivity contribution is 7.51. The number of alkyl halides is 2. The maximum atomic E-state index is 16.2. The van der Waals surface area contributed by atoms with Gasteiger partial charge in [0, 0.05) is 14.1 Å². The van der Waals surface area contributed by atoms with Crippen LogP contribution in [-0.2, 0) is 27.9 Å². The SMILES string of the molecule is CC(C)OC(=O)[C@H](C)NP1(=O)OC[C@@]2(F)O[C@@H](n3cnc4c(N(C)C)nc(N)nc43)[C@](C)(F)[C@@H]2O1. The van der Waals surface area contributed by atoms with Gasteiger partial charge in [0.05, 0.1) is 12.4 Å². The predicted octanol–water partition coefficient (Wildman–Crippen LogP) is 1.85. The quantitative estimate of drug-likeness (QED) is 0.422. The van der Waals surface area contributed by atoms with Crippen molar-refractivity contribution in [3.63, 3.8) is 0 Å². The number of halogens is 2. The molecule has 35 heavy (non-hydrogen) atoms. The summed E-state index contributed by atoms with van der Waals surface area (Å²) in [6.07, 6.45) is -2.82. The van der Waals surface area contributed by atoms with E-state index in [1.807, 2.05) is 0 Å². The van der Waals surface area contributed by atoms with Crippen molar-refractivity contribution in [3.05, 3.63) is 6.33 Å². The van der Waals surface area contributed by atoms with Crippen LogP contribution in [0.25, 0.3) is 11.2 Å². The number of carbonyl (C=O) groups excluding carboxylic acids is 1. The van der Waals surface area contributed by atoms with E-state index >= 15 is 8.78 Å². The van der Waals surface area contributed by atoms with Crippen molar-refractivity contribution >= 4 is 36.6 Å². The van der Waals surface area contributed by atoms with E-state index in [2.05, 4.69) is 20.0 Å². The number of nitrogen functional groups attached to an aromatic ring is 1. The summed E-state index contributed by atoms with van der Waals surface area (Å²) in [7, 11) is -0.902. The molecule has 0 aromatic carbocycles. The summed E-state index contributed by atoms with van der Waals surface area (Å²) in [5.41, 5.74) is 3.62. The van der Waals surface area contributed by atoms with E-state index in [4.69, 9.17) is 24.3 Å². The highest BCUT2D eigenvalue weighted by Gasteiger charge is 2.70. The molecule has 0 aliphatic carbocycles. The minimum Gasteiger partial charge on any atom is -0.462 e. The van der Waals surface area contributed by atoms with Crippen LogP contribution in [0, 0.1) is 0 Å². The number of rotatable bonds is 6. The number of fused-ring (bicyclic) bond motifs is 2. The van der Waals surface area contributed by atoms with E-state index in [-0.39, 0.29) is 17.1 Å². The maximum absolute atomic E-state index is 16.2. The molecule has 13 nitrogen and oxygen atoms in total. The second-order valence-electron chi connectivity index (χ2n) is 9.12. The van der Waals surface area contributed by atoms with Crippen molar-refractivity contribution in [1.29, 1.82) is 0 Å². The van der Waals surface area contributed by atoms with Gasteiger partial charge in [-0.15, -0.1) is 0 Å². The van der Waals surface area contributed by atoms with Gasteiger partial charge in [-0.05, 0) is 27.7 Å². The number of nitrogens with two attached hydrogens (primary N) is 1. The molecular formula is C19H28F2N7O6P. The Bertz CT molecular complexity index is 1190. The fourth-order valence-corrected chi connectivity index (χ4v) is 5.73. The Hall–Kier alpha value is -2.45. The zero-order valence-electron chi connectivity index (χ0n) is 20.1. The van der Waals surface area contributed by atoms with E-state index in [0.717, 1.165) is 6.92 Å². The molecule has 4 heterocycles. The average molecular weight is 519 g/mol. The highest BCUT2D eigenvalue weighted by atomic mass is 31.2. The van der Waals surface area contributed by atoms with E-state index in [9.17, 15) is 9.36 Å². The molecule has 3 N–H and O–H groups in total. The Morgan fingerprint density at radius 3 is 2.69 bits per heavy atom. The Morgan fingerprint density at radius 2 is 2.06 bits per heavy atom. The predicted molar refractivity (Wildman–Crippen MR) is 120 cm³/mol. The summed E-state index contributed by atoms with van der Waals surface area (Å²) in [6, 6.07) is -1.14. The summed E-state index contributed by atoms with van der Waals surface area (Å²) in [5.74, 6) is -3.27. The van der Waals surface area contributed by atoms with Crippen molar-refractivity contribution in [2.45, 2.75) is 63.7 Å². The van der Waals surface area contributed by atoms with Gasteiger partial charge in [-0.1, -0.05) is 0 Å². The number of imidazole rings is 1. The van der Waals surface area contributed by atoms with Crippen LogP contribution in [0.15, 0.2) is 6.33 Å². The van der Waals surface area contributed by atoms with E-state index in [1.54, 1.807) is 32.8 Å². The molecule has 2 fully saturated rings. The largest absolute Gasteiger partial charge is 0.462 e. The van der Waals surface area contributed by atoms with Crippen molar-refractivity contribution in [2.75, 3.05) is 31.3 Å². The molecule has 1 unspecified atom stereocenters. The molecule has 0 radical (unpaired) electrons. The maximum Gasteiger partial charge on any atom is 0.407 e. The number of aromatic nitrogens is 4. The molecule has 0 bridgehead atoms. The molecule has 2 aliphatic heterocycles. The highest BCUT2D eigenvalue weighted by Crippen LogP contribution is 2.61. The minimum absolute atomic E-state index is 0.101. The molecule has 16 heteroatoms. The van der Waals surface area contributed by atoms with Gasteiger partial charge in [0.1, 0.15) is 12.6 Å². The van der Waals surface area contributed by atoms with Gasteiger partial charge in [-0.3, -0.25) is 18.4 Å². The molecule has 0 amide bonds. The van der Waals surface area contributed by atoms with E-state index < -0.39 is 56.3 Å². The van der Waals surface area contributed by atoms with Crippen molar-refractivity contribution < 1.29 is 36.7 Å². The summed E-state index contributed by atoms with van der Waals surface area (Å²) >= 11 is 0. The lowest BCUT2D eigenvalue weighted by atomic mass is 9.97. The first-order chi connectivity index (χ1) is 16.2. The molecule has 2 saturated heterocycles. The van der Waals surface area contributed by atoms with Gasteiger partial charge >= 0.3 is 13.7 Å². The molecule has 0 spiro atoms. The first kappa shape index (κ1) is 25.6. The summed E-state index contributed by atoms with van der Waals surface area (Å²) in [5, 5.41) is 2.36. The van der Waals surface area contributed by atoms with Crippen LogP contribution in [0.3, 0.4) is 0 Å². The number of nitrogens with zero attached hydrogens (tertiary/aromatic N) is 5. The van der Waals surface area contributed by atoms with Gasteiger partial charge in [0.2, 0.25) is 5.95 Å².